The zero-order chi connectivity index (χ0) is 37.0. The lowest BCUT2D eigenvalue weighted by Gasteiger charge is -2.29. The molecular weight excluding hydrogens is 695 g/mol. The van der Waals surface area contributed by atoms with Crippen LogP contribution in [0.5, 0.6) is 0 Å². The van der Waals surface area contributed by atoms with E-state index in [-0.39, 0.29) is 0 Å². The highest BCUT2D eigenvalue weighted by Gasteiger charge is 2.22. The third-order valence-electron chi connectivity index (χ3n) is 11.2. The van der Waals surface area contributed by atoms with Crippen molar-refractivity contribution in [2.45, 2.75) is 0 Å². The molecule has 0 atom stereocenters. The van der Waals surface area contributed by atoms with Gasteiger partial charge in [0.15, 0.2) is 0 Å². The zero-order valence-corrected chi connectivity index (χ0v) is 31.4. The Kier molecular flexibility index (Phi) is 7.75. The fourth-order valence-corrected chi connectivity index (χ4v) is 9.52. The molecule has 10 aromatic carbocycles. The van der Waals surface area contributed by atoms with E-state index in [4.69, 9.17) is 0 Å². The van der Waals surface area contributed by atoms with Gasteiger partial charge < -0.3 is 4.90 Å². The first-order valence-electron chi connectivity index (χ1n) is 19.2. The zero-order valence-electron chi connectivity index (χ0n) is 30.6. The van der Waals surface area contributed by atoms with Crippen molar-refractivity contribution in [3.05, 3.63) is 212 Å². The Morgan fingerprint density at radius 3 is 1.57 bits per heavy atom. The van der Waals surface area contributed by atoms with E-state index in [2.05, 4.69) is 217 Å². The second-order valence-corrected chi connectivity index (χ2v) is 15.6. The standard InChI is InChI=1S/C54H35NS/c1-2-12-36(13-3-1)38-24-26-45(27-25-38)55(46-28-29-53-51(35-46)50-32-41-17-7-9-19-43(41)34-54(50)56-53)52-33-42-18-8-6-16-40(42)31-49(52)48-21-11-10-20-47(48)44-23-22-37-14-4-5-15-39(37)30-44/h1-35H. The van der Waals surface area contributed by atoms with Crippen LogP contribution in [-0.4, -0.2) is 0 Å². The van der Waals surface area contributed by atoms with E-state index in [1.54, 1.807) is 0 Å². The third kappa shape index (κ3) is 5.62. The number of rotatable bonds is 6. The second-order valence-electron chi connectivity index (χ2n) is 14.6. The van der Waals surface area contributed by atoms with Crippen LogP contribution in [-0.2, 0) is 0 Å². The average molecular weight is 730 g/mol. The molecule has 0 bridgehead atoms. The molecule has 0 fully saturated rings. The number of anilines is 3. The van der Waals surface area contributed by atoms with Crippen molar-refractivity contribution in [2.24, 2.45) is 0 Å². The number of hydrogen-bond acceptors (Lipinski definition) is 2. The van der Waals surface area contributed by atoms with Gasteiger partial charge in [0.05, 0.1) is 5.69 Å². The van der Waals surface area contributed by atoms with E-state index in [9.17, 15) is 0 Å². The molecular formula is C54H35NS. The maximum atomic E-state index is 2.47. The number of benzene rings is 10. The molecule has 2 heteroatoms. The molecule has 0 aliphatic carbocycles. The maximum Gasteiger partial charge on any atom is 0.0546 e. The lowest BCUT2D eigenvalue weighted by atomic mass is 9.90. The topological polar surface area (TPSA) is 3.24 Å². The summed E-state index contributed by atoms with van der Waals surface area (Å²) in [5, 5.41) is 10.0. The maximum absolute atomic E-state index is 2.47. The number of thiophene rings is 1. The molecule has 0 spiro atoms. The van der Waals surface area contributed by atoms with Crippen LogP contribution in [0.1, 0.15) is 0 Å². The van der Waals surface area contributed by atoms with Crippen LogP contribution in [0, 0.1) is 0 Å². The molecule has 0 amide bonds. The first-order valence-corrected chi connectivity index (χ1v) is 20.0. The fraction of sp³-hybridized carbons (Fsp3) is 0. The summed E-state index contributed by atoms with van der Waals surface area (Å²) in [5.74, 6) is 0. The molecule has 56 heavy (non-hydrogen) atoms. The van der Waals surface area contributed by atoms with Crippen molar-refractivity contribution in [3.63, 3.8) is 0 Å². The summed E-state index contributed by atoms with van der Waals surface area (Å²) in [6, 6.07) is 78.0. The molecule has 0 radical (unpaired) electrons. The van der Waals surface area contributed by atoms with Crippen LogP contribution in [0.25, 0.3) is 85.9 Å². The minimum absolute atomic E-state index is 1.11. The summed E-state index contributed by atoms with van der Waals surface area (Å²) >= 11 is 1.87. The van der Waals surface area contributed by atoms with Gasteiger partial charge in [0.2, 0.25) is 0 Å². The average Bonchev–Trinajstić information content (AvgIpc) is 3.62. The van der Waals surface area contributed by atoms with Crippen molar-refractivity contribution in [3.8, 4) is 33.4 Å². The molecule has 0 saturated carbocycles. The molecule has 0 aliphatic rings. The van der Waals surface area contributed by atoms with E-state index >= 15 is 0 Å². The summed E-state index contributed by atoms with van der Waals surface area (Å²) in [7, 11) is 0. The predicted octanol–water partition coefficient (Wildman–Crippen LogP) is 16.0. The van der Waals surface area contributed by atoms with Gasteiger partial charge in [-0.05, 0) is 121 Å². The molecule has 0 N–H and O–H groups in total. The highest BCUT2D eigenvalue weighted by atomic mass is 32.1. The molecule has 0 unspecified atom stereocenters. The van der Waals surface area contributed by atoms with Crippen molar-refractivity contribution >= 4 is 80.9 Å². The van der Waals surface area contributed by atoms with Crippen LogP contribution in [0.2, 0.25) is 0 Å². The van der Waals surface area contributed by atoms with Gasteiger partial charge in [0, 0.05) is 37.1 Å². The highest BCUT2D eigenvalue weighted by Crippen LogP contribution is 2.47. The highest BCUT2D eigenvalue weighted by molar-refractivity contribution is 7.25. The normalized spacial score (nSPS) is 11.6. The fourth-order valence-electron chi connectivity index (χ4n) is 8.41. The van der Waals surface area contributed by atoms with Crippen molar-refractivity contribution in [1.82, 2.24) is 0 Å². The Labute approximate surface area is 330 Å². The van der Waals surface area contributed by atoms with Gasteiger partial charge in [-0.3, -0.25) is 0 Å². The molecule has 1 aromatic heterocycles. The van der Waals surface area contributed by atoms with Crippen molar-refractivity contribution in [2.75, 3.05) is 4.90 Å². The number of fused-ring (bicyclic) bond motifs is 6. The minimum Gasteiger partial charge on any atom is -0.310 e. The third-order valence-corrected chi connectivity index (χ3v) is 12.3. The van der Waals surface area contributed by atoms with Gasteiger partial charge in [-0.15, -0.1) is 11.3 Å². The van der Waals surface area contributed by atoms with E-state index in [0.717, 1.165) is 17.1 Å². The first-order chi connectivity index (χ1) is 27.7. The van der Waals surface area contributed by atoms with Gasteiger partial charge >= 0.3 is 0 Å². The monoisotopic (exact) mass is 729 g/mol. The van der Waals surface area contributed by atoms with Crippen molar-refractivity contribution in [1.29, 1.82) is 0 Å². The minimum atomic E-state index is 1.11. The lowest BCUT2D eigenvalue weighted by Crippen LogP contribution is -2.11. The molecule has 262 valence electrons. The summed E-state index contributed by atoms with van der Waals surface area (Å²) in [5.41, 5.74) is 10.6. The van der Waals surface area contributed by atoms with Crippen molar-refractivity contribution < 1.29 is 0 Å². The van der Waals surface area contributed by atoms with E-state index in [1.807, 2.05) is 11.3 Å². The SMILES string of the molecule is c1ccc(-c2ccc(N(c3ccc4sc5cc6ccccc6cc5c4c3)c3cc4ccccc4cc3-c3ccccc3-c3ccc4ccccc4c3)cc2)cc1. The van der Waals surface area contributed by atoms with E-state index in [0.29, 0.717) is 0 Å². The summed E-state index contributed by atoms with van der Waals surface area (Å²) < 4.78 is 2.60. The Bertz CT molecular complexity index is 3250. The molecule has 1 heterocycles. The Hall–Kier alpha value is -7.00. The Morgan fingerprint density at radius 2 is 0.821 bits per heavy atom. The van der Waals surface area contributed by atoms with Gasteiger partial charge in [-0.25, -0.2) is 0 Å². The summed E-state index contributed by atoms with van der Waals surface area (Å²) in [4.78, 5) is 2.47. The van der Waals surface area contributed by atoms with E-state index in [1.165, 1.54) is 85.9 Å². The van der Waals surface area contributed by atoms with Gasteiger partial charge in [-0.2, -0.15) is 0 Å². The smallest absolute Gasteiger partial charge is 0.0546 e. The lowest BCUT2D eigenvalue weighted by molar-refractivity contribution is 1.29. The van der Waals surface area contributed by atoms with E-state index < -0.39 is 0 Å². The predicted molar refractivity (Wildman–Crippen MR) is 243 cm³/mol. The number of hydrogen-bond donors (Lipinski definition) is 0. The van der Waals surface area contributed by atoms with Gasteiger partial charge in [0.1, 0.15) is 0 Å². The molecule has 0 saturated heterocycles. The molecule has 11 aromatic rings. The molecule has 1 nitrogen and oxygen atoms in total. The summed E-state index contributed by atoms with van der Waals surface area (Å²) in [6.07, 6.45) is 0. The van der Waals surface area contributed by atoms with Crippen LogP contribution >= 0.6 is 11.3 Å². The van der Waals surface area contributed by atoms with Crippen LogP contribution in [0.3, 0.4) is 0 Å². The second kappa shape index (κ2) is 13.4. The quantitative estimate of drug-likeness (QED) is 0.165. The first kappa shape index (κ1) is 32.4. The van der Waals surface area contributed by atoms with Gasteiger partial charge in [0.25, 0.3) is 0 Å². The summed E-state index contributed by atoms with van der Waals surface area (Å²) in [6.45, 7) is 0. The Balaban J connectivity index is 1.17. The van der Waals surface area contributed by atoms with Crippen LogP contribution < -0.4 is 4.90 Å². The Morgan fingerprint density at radius 1 is 0.286 bits per heavy atom. The molecule has 0 aliphatic heterocycles. The van der Waals surface area contributed by atoms with Gasteiger partial charge in [-0.1, -0.05) is 152 Å². The number of nitrogens with zero attached hydrogens (tertiary/aromatic N) is 1. The van der Waals surface area contributed by atoms with Crippen LogP contribution in [0.4, 0.5) is 17.1 Å². The van der Waals surface area contributed by atoms with Crippen LogP contribution in [0.15, 0.2) is 212 Å². The largest absolute Gasteiger partial charge is 0.310 e. The molecule has 11 rings (SSSR count).